The van der Waals surface area contributed by atoms with Crippen molar-refractivity contribution in [1.29, 1.82) is 0 Å². The number of anilines is 1. The van der Waals surface area contributed by atoms with Crippen molar-refractivity contribution in [2.45, 2.75) is 0 Å². The number of rotatable bonds is 3. The smallest absolute Gasteiger partial charge is 0.282 e. The van der Waals surface area contributed by atoms with Crippen molar-refractivity contribution in [1.82, 2.24) is 0 Å². The lowest BCUT2D eigenvalue weighted by molar-refractivity contribution is -0.385. The number of amides is 1. The fourth-order valence-electron chi connectivity index (χ4n) is 1.65. The minimum Gasteiger partial charge on any atom is -0.508 e. The number of benzene rings is 2. The number of carbonyl (C=O) groups is 1. The largest absolute Gasteiger partial charge is 0.508 e. The van der Waals surface area contributed by atoms with Gasteiger partial charge in [0, 0.05) is 10.5 Å². The number of nitro groups is 1. The lowest BCUT2D eigenvalue weighted by atomic mass is 10.1. The van der Waals surface area contributed by atoms with E-state index in [-0.39, 0.29) is 17.0 Å². The molecule has 0 radical (unpaired) electrons. The summed E-state index contributed by atoms with van der Waals surface area (Å²) in [6, 6.07) is 7.01. The zero-order valence-corrected chi connectivity index (χ0v) is 11.9. The third-order valence-corrected chi connectivity index (χ3v) is 3.09. The highest BCUT2D eigenvalue weighted by Crippen LogP contribution is 2.25. The van der Waals surface area contributed by atoms with E-state index in [1.54, 1.807) is 0 Å². The Morgan fingerprint density at radius 2 is 2.00 bits per heavy atom. The highest BCUT2D eigenvalue weighted by atomic mass is 79.9. The van der Waals surface area contributed by atoms with Crippen LogP contribution in [0.2, 0.25) is 0 Å². The first-order chi connectivity index (χ1) is 9.88. The molecule has 1 amide bonds. The fourth-order valence-corrected chi connectivity index (χ4v) is 1.98. The molecule has 2 rings (SSSR count). The molecule has 21 heavy (non-hydrogen) atoms. The Morgan fingerprint density at radius 1 is 1.29 bits per heavy atom. The van der Waals surface area contributed by atoms with Crippen LogP contribution in [0.5, 0.6) is 5.75 Å². The highest BCUT2D eigenvalue weighted by molar-refractivity contribution is 9.10. The van der Waals surface area contributed by atoms with Gasteiger partial charge in [0.1, 0.15) is 17.1 Å². The van der Waals surface area contributed by atoms with E-state index in [9.17, 15) is 24.4 Å². The summed E-state index contributed by atoms with van der Waals surface area (Å²) in [5, 5.41) is 22.4. The van der Waals surface area contributed by atoms with Crippen LogP contribution in [0, 0.1) is 15.9 Å². The number of nitro benzene ring substituents is 1. The molecular formula is C13H8BrFN2O4. The minimum absolute atomic E-state index is 0.124. The van der Waals surface area contributed by atoms with Crippen LogP contribution in [0.3, 0.4) is 0 Å². The van der Waals surface area contributed by atoms with Gasteiger partial charge in [0.15, 0.2) is 0 Å². The van der Waals surface area contributed by atoms with Gasteiger partial charge in [-0.1, -0.05) is 15.9 Å². The summed E-state index contributed by atoms with van der Waals surface area (Å²) < 4.78 is 14.1. The van der Waals surface area contributed by atoms with E-state index >= 15 is 0 Å². The van der Waals surface area contributed by atoms with Crippen LogP contribution < -0.4 is 5.32 Å². The molecule has 0 spiro atoms. The maximum Gasteiger partial charge on any atom is 0.282 e. The monoisotopic (exact) mass is 354 g/mol. The van der Waals surface area contributed by atoms with Gasteiger partial charge in [-0.15, -0.1) is 0 Å². The Morgan fingerprint density at radius 3 is 2.62 bits per heavy atom. The van der Waals surface area contributed by atoms with Gasteiger partial charge in [0.2, 0.25) is 0 Å². The molecule has 2 aromatic rings. The average Bonchev–Trinajstić information content (AvgIpc) is 2.41. The van der Waals surface area contributed by atoms with Gasteiger partial charge in [-0.05, 0) is 30.3 Å². The molecule has 108 valence electrons. The average molecular weight is 355 g/mol. The second-order valence-electron chi connectivity index (χ2n) is 4.04. The molecular weight excluding hydrogens is 347 g/mol. The normalized spacial score (nSPS) is 10.2. The van der Waals surface area contributed by atoms with Crippen molar-refractivity contribution in [3.63, 3.8) is 0 Å². The van der Waals surface area contributed by atoms with Gasteiger partial charge in [-0.2, -0.15) is 0 Å². The van der Waals surface area contributed by atoms with E-state index < -0.39 is 22.3 Å². The van der Waals surface area contributed by atoms with E-state index in [1.807, 2.05) is 0 Å². The maximum absolute atomic E-state index is 13.6. The summed E-state index contributed by atoms with van der Waals surface area (Å²) in [6.45, 7) is 0. The molecule has 6 nitrogen and oxygen atoms in total. The van der Waals surface area contributed by atoms with Crippen molar-refractivity contribution in [3.05, 3.63) is 62.4 Å². The summed E-state index contributed by atoms with van der Waals surface area (Å²) in [4.78, 5) is 22.1. The van der Waals surface area contributed by atoms with E-state index in [4.69, 9.17) is 0 Å². The first-order valence-electron chi connectivity index (χ1n) is 5.62. The zero-order valence-electron chi connectivity index (χ0n) is 10.3. The van der Waals surface area contributed by atoms with Crippen molar-refractivity contribution in [2.24, 2.45) is 0 Å². The van der Waals surface area contributed by atoms with E-state index in [1.165, 1.54) is 12.1 Å². The van der Waals surface area contributed by atoms with Crippen LogP contribution in [0.15, 0.2) is 40.9 Å². The van der Waals surface area contributed by atoms with Crippen molar-refractivity contribution in [2.75, 3.05) is 5.32 Å². The fraction of sp³-hybridized carbons (Fsp3) is 0. The minimum atomic E-state index is -0.890. The molecule has 0 aromatic heterocycles. The molecule has 0 saturated heterocycles. The molecule has 0 aliphatic carbocycles. The Kier molecular flexibility index (Phi) is 4.18. The van der Waals surface area contributed by atoms with Crippen LogP contribution >= 0.6 is 15.9 Å². The standard InChI is InChI=1S/C13H8BrFN2O4/c14-7-1-3-11(10(15)5-7)16-13(19)9-6-8(18)2-4-12(9)17(20)21/h1-6,18H,(H,16,19). The van der Waals surface area contributed by atoms with Crippen molar-refractivity contribution >= 4 is 33.2 Å². The zero-order chi connectivity index (χ0) is 15.6. The predicted octanol–water partition coefficient (Wildman–Crippen LogP) is 3.45. The molecule has 0 aliphatic heterocycles. The van der Waals surface area contributed by atoms with E-state index in [0.717, 1.165) is 24.3 Å². The number of hydrogen-bond donors (Lipinski definition) is 2. The van der Waals surface area contributed by atoms with Crippen molar-refractivity contribution < 1.29 is 19.2 Å². The third-order valence-electron chi connectivity index (χ3n) is 2.60. The van der Waals surface area contributed by atoms with Gasteiger partial charge < -0.3 is 10.4 Å². The number of nitrogens with zero attached hydrogens (tertiary/aromatic N) is 1. The lowest BCUT2D eigenvalue weighted by Gasteiger charge is -2.07. The molecule has 0 aliphatic rings. The molecule has 0 fully saturated rings. The molecule has 0 heterocycles. The number of nitrogens with one attached hydrogen (secondary N) is 1. The third kappa shape index (κ3) is 3.34. The second kappa shape index (κ2) is 5.88. The topological polar surface area (TPSA) is 92.5 Å². The first kappa shape index (κ1) is 14.9. The van der Waals surface area contributed by atoms with Gasteiger partial charge in [0.05, 0.1) is 10.6 Å². The van der Waals surface area contributed by atoms with Gasteiger partial charge in [-0.25, -0.2) is 4.39 Å². The molecule has 2 aromatic carbocycles. The highest BCUT2D eigenvalue weighted by Gasteiger charge is 2.21. The van der Waals surface area contributed by atoms with Crippen LogP contribution in [-0.4, -0.2) is 15.9 Å². The predicted molar refractivity (Wildman–Crippen MR) is 76.8 cm³/mol. The molecule has 8 heteroatoms. The summed E-state index contributed by atoms with van der Waals surface area (Å²) in [7, 11) is 0. The van der Waals surface area contributed by atoms with Crippen LogP contribution in [0.25, 0.3) is 0 Å². The van der Waals surface area contributed by atoms with Crippen LogP contribution in [0.4, 0.5) is 15.8 Å². The summed E-state index contributed by atoms with van der Waals surface area (Å²) in [6.07, 6.45) is 0. The molecule has 0 atom stereocenters. The van der Waals surface area contributed by atoms with Gasteiger partial charge in [-0.3, -0.25) is 14.9 Å². The molecule has 2 N–H and O–H groups in total. The Hall–Kier alpha value is -2.48. The Bertz CT molecular complexity index is 736. The van der Waals surface area contributed by atoms with Crippen LogP contribution in [-0.2, 0) is 0 Å². The first-order valence-corrected chi connectivity index (χ1v) is 6.41. The number of phenolic OH excluding ortho intramolecular Hbond substituents is 1. The maximum atomic E-state index is 13.6. The van der Waals surface area contributed by atoms with Gasteiger partial charge in [0.25, 0.3) is 11.6 Å². The Balaban J connectivity index is 2.36. The number of phenols is 1. The molecule has 0 unspecified atom stereocenters. The second-order valence-corrected chi connectivity index (χ2v) is 4.95. The lowest BCUT2D eigenvalue weighted by Crippen LogP contribution is -2.14. The van der Waals surface area contributed by atoms with Crippen molar-refractivity contribution in [3.8, 4) is 5.75 Å². The van der Waals surface area contributed by atoms with Gasteiger partial charge >= 0.3 is 0 Å². The number of halogens is 2. The molecule has 0 saturated carbocycles. The van der Waals surface area contributed by atoms with E-state index in [0.29, 0.717) is 4.47 Å². The van der Waals surface area contributed by atoms with E-state index in [2.05, 4.69) is 21.2 Å². The molecule has 0 bridgehead atoms. The number of carbonyl (C=O) groups excluding carboxylic acids is 1. The van der Waals surface area contributed by atoms with Crippen LogP contribution in [0.1, 0.15) is 10.4 Å². The summed E-state index contributed by atoms with van der Waals surface area (Å²) in [5.74, 6) is -1.89. The number of aromatic hydroxyl groups is 1. The summed E-state index contributed by atoms with van der Waals surface area (Å²) in [5.41, 5.74) is -0.967. The number of hydrogen-bond acceptors (Lipinski definition) is 4. The quantitative estimate of drug-likeness (QED) is 0.652. The SMILES string of the molecule is O=C(Nc1ccc(Br)cc1F)c1cc(O)ccc1[N+](=O)[O-]. The summed E-state index contributed by atoms with van der Waals surface area (Å²) >= 11 is 3.07. The Labute approximate surface area is 126 Å².